The SMILES string of the molecule is c1ccc(-c2nc(-c3ccccc3)nc(-c3cc(-c4ccccc4-c4ccccc4)ccc3-c3ccc4oc5c(ccc6c5c5ccccc5n6-c5ccccc5)c4c3)n2)cc1. The Hall–Kier alpha value is -8.41. The largest absolute Gasteiger partial charge is 0.455 e. The van der Waals surface area contributed by atoms with Crippen LogP contribution in [0.2, 0.25) is 0 Å². The van der Waals surface area contributed by atoms with Crippen LogP contribution in [-0.2, 0) is 0 Å². The molecule has 0 bridgehead atoms. The number of hydrogen-bond donors (Lipinski definition) is 0. The van der Waals surface area contributed by atoms with Gasteiger partial charge in [0.15, 0.2) is 17.5 Å². The topological polar surface area (TPSA) is 56.7 Å². The van der Waals surface area contributed by atoms with Gasteiger partial charge in [-0.1, -0.05) is 170 Å². The maximum atomic E-state index is 6.84. The third-order valence-corrected chi connectivity index (χ3v) is 11.9. The van der Waals surface area contributed by atoms with Gasteiger partial charge >= 0.3 is 0 Å². The lowest BCUT2D eigenvalue weighted by Gasteiger charge is -2.16. The summed E-state index contributed by atoms with van der Waals surface area (Å²) in [5.41, 5.74) is 14.4. The van der Waals surface area contributed by atoms with Crippen molar-refractivity contribution in [1.29, 1.82) is 0 Å². The molecule has 0 N–H and O–H groups in total. The van der Waals surface area contributed by atoms with Crippen LogP contribution in [0.5, 0.6) is 0 Å². The smallest absolute Gasteiger partial charge is 0.164 e. The van der Waals surface area contributed by atoms with Crippen LogP contribution in [0.15, 0.2) is 223 Å². The Bertz CT molecular complexity index is 3560. The van der Waals surface area contributed by atoms with Gasteiger partial charge in [0.05, 0.1) is 16.4 Å². The molecule has 0 radical (unpaired) electrons. The molecule has 0 fully saturated rings. The molecular formula is C57H36N4O. The first-order chi connectivity index (χ1) is 30.7. The van der Waals surface area contributed by atoms with Crippen LogP contribution >= 0.6 is 0 Å². The molecule has 5 heteroatoms. The molecule has 9 aromatic carbocycles. The van der Waals surface area contributed by atoms with E-state index in [0.29, 0.717) is 17.5 Å². The summed E-state index contributed by atoms with van der Waals surface area (Å²) in [5.74, 6) is 1.83. The Morgan fingerprint density at radius 1 is 0.323 bits per heavy atom. The van der Waals surface area contributed by atoms with Crippen molar-refractivity contribution in [3.8, 4) is 73.2 Å². The summed E-state index contributed by atoms with van der Waals surface area (Å²) in [5, 5.41) is 4.38. The Balaban J connectivity index is 1.09. The first-order valence-electron chi connectivity index (χ1n) is 20.9. The third-order valence-electron chi connectivity index (χ3n) is 11.9. The van der Waals surface area contributed by atoms with E-state index in [-0.39, 0.29) is 0 Å². The molecule has 0 atom stereocenters. The molecule has 0 aliphatic heterocycles. The molecule has 0 amide bonds. The van der Waals surface area contributed by atoms with E-state index in [1.807, 2.05) is 60.7 Å². The van der Waals surface area contributed by atoms with E-state index >= 15 is 0 Å². The highest BCUT2D eigenvalue weighted by Crippen LogP contribution is 2.44. The van der Waals surface area contributed by atoms with E-state index in [2.05, 4.69) is 162 Å². The number of para-hydroxylation sites is 2. The second-order valence-electron chi connectivity index (χ2n) is 15.5. The normalized spacial score (nSPS) is 11.5. The van der Waals surface area contributed by atoms with Crippen LogP contribution < -0.4 is 0 Å². The maximum Gasteiger partial charge on any atom is 0.164 e. The van der Waals surface area contributed by atoms with Gasteiger partial charge < -0.3 is 8.98 Å². The second kappa shape index (κ2) is 14.7. The van der Waals surface area contributed by atoms with Gasteiger partial charge in [-0.2, -0.15) is 0 Å². The monoisotopic (exact) mass is 792 g/mol. The van der Waals surface area contributed by atoms with Crippen LogP contribution in [0, 0.1) is 0 Å². The molecule has 12 rings (SSSR count). The number of aromatic nitrogens is 4. The molecule has 0 unspecified atom stereocenters. The molecular weight excluding hydrogens is 757 g/mol. The van der Waals surface area contributed by atoms with Crippen molar-refractivity contribution in [1.82, 2.24) is 19.5 Å². The summed E-state index contributed by atoms with van der Waals surface area (Å²) in [6.07, 6.45) is 0. The van der Waals surface area contributed by atoms with Crippen molar-refractivity contribution in [3.05, 3.63) is 218 Å². The summed E-state index contributed by atoms with van der Waals surface area (Å²) in [6.45, 7) is 0. The van der Waals surface area contributed by atoms with Gasteiger partial charge in [-0.25, -0.2) is 15.0 Å². The highest BCUT2D eigenvalue weighted by Gasteiger charge is 2.21. The molecule has 12 aromatic rings. The molecule has 3 heterocycles. The van der Waals surface area contributed by atoms with E-state index in [0.717, 1.165) is 99.5 Å². The highest BCUT2D eigenvalue weighted by atomic mass is 16.3. The highest BCUT2D eigenvalue weighted by molar-refractivity contribution is 6.24. The third kappa shape index (κ3) is 5.98. The van der Waals surface area contributed by atoms with Crippen molar-refractivity contribution in [2.24, 2.45) is 0 Å². The Kier molecular flexibility index (Phi) is 8.42. The van der Waals surface area contributed by atoms with Crippen LogP contribution in [0.1, 0.15) is 0 Å². The van der Waals surface area contributed by atoms with Crippen LogP contribution in [0.25, 0.3) is 117 Å². The lowest BCUT2D eigenvalue weighted by molar-refractivity contribution is 0.673. The maximum absolute atomic E-state index is 6.84. The Morgan fingerprint density at radius 2 is 0.855 bits per heavy atom. The van der Waals surface area contributed by atoms with E-state index in [4.69, 9.17) is 19.4 Å². The van der Waals surface area contributed by atoms with E-state index in [1.165, 1.54) is 0 Å². The summed E-state index contributed by atoms with van der Waals surface area (Å²) < 4.78 is 9.17. The average Bonchev–Trinajstić information content (AvgIpc) is 3.90. The summed E-state index contributed by atoms with van der Waals surface area (Å²) in [7, 11) is 0. The summed E-state index contributed by atoms with van der Waals surface area (Å²) >= 11 is 0. The standard InChI is InChI=1S/C57H36N4O/c1-5-17-37(18-6-1)43-25-13-14-26-44(43)40-29-31-45(49(36-40)57-59-55(38-19-7-2-8-20-38)58-56(60-57)39-21-9-3-10-22-39)41-30-34-52-48(35-41)46-32-33-51-53(54(46)62-52)47-27-15-16-28-50(47)61(51)42-23-11-4-12-24-42/h1-36H. The summed E-state index contributed by atoms with van der Waals surface area (Å²) in [4.78, 5) is 15.5. The van der Waals surface area contributed by atoms with Crippen LogP contribution in [0.3, 0.4) is 0 Å². The molecule has 290 valence electrons. The molecule has 5 nitrogen and oxygen atoms in total. The van der Waals surface area contributed by atoms with Gasteiger partial charge in [-0.15, -0.1) is 0 Å². The van der Waals surface area contributed by atoms with Crippen molar-refractivity contribution in [2.75, 3.05) is 0 Å². The lowest BCUT2D eigenvalue weighted by Crippen LogP contribution is -2.01. The molecule has 0 aliphatic carbocycles. The minimum atomic E-state index is 0.597. The van der Waals surface area contributed by atoms with E-state index in [1.54, 1.807) is 0 Å². The molecule has 0 spiro atoms. The average molecular weight is 793 g/mol. The molecule has 3 aromatic heterocycles. The summed E-state index contributed by atoms with van der Waals surface area (Å²) in [6, 6.07) is 76.2. The number of rotatable bonds is 7. The zero-order valence-corrected chi connectivity index (χ0v) is 33.5. The van der Waals surface area contributed by atoms with Gasteiger partial charge in [0, 0.05) is 38.5 Å². The fourth-order valence-corrected chi connectivity index (χ4v) is 8.99. The van der Waals surface area contributed by atoms with E-state index < -0.39 is 0 Å². The lowest BCUT2D eigenvalue weighted by atomic mass is 9.90. The van der Waals surface area contributed by atoms with Gasteiger partial charge in [0.1, 0.15) is 11.2 Å². The van der Waals surface area contributed by atoms with Crippen molar-refractivity contribution in [3.63, 3.8) is 0 Å². The number of nitrogens with zero attached hydrogens (tertiary/aromatic N) is 4. The van der Waals surface area contributed by atoms with Crippen LogP contribution in [-0.4, -0.2) is 19.5 Å². The van der Waals surface area contributed by atoms with Crippen molar-refractivity contribution >= 4 is 43.7 Å². The predicted octanol–water partition coefficient (Wildman–Crippen LogP) is 14.9. The number of hydrogen-bond acceptors (Lipinski definition) is 4. The second-order valence-corrected chi connectivity index (χ2v) is 15.5. The number of furan rings is 1. The molecule has 0 saturated carbocycles. The van der Waals surface area contributed by atoms with Crippen molar-refractivity contribution in [2.45, 2.75) is 0 Å². The fraction of sp³-hybridized carbons (Fsp3) is 0. The quantitative estimate of drug-likeness (QED) is 0.161. The first-order valence-corrected chi connectivity index (χ1v) is 20.9. The Labute approximate surface area is 357 Å². The predicted molar refractivity (Wildman–Crippen MR) is 254 cm³/mol. The van der Waals surface area contributed by atoms with E-state index in [9.17, 15) is 0 Å². The first kappa shape index (κ1) is 35.5. The molecule has 62 heavy (non-hydrogen) atoms. The van der Waals surface area contributed by atoms with Gasteiger partial charge in [0.25, 0.3) is 0 Å². The molecule has 0 saturated heterocycles. The van der Waals surface area contributed by atoms with Crippen molar-refractivity contribution < 1.29 is 4.42 Å². The van der Waals surface area contributed by atoms with Gasteiger partial charge in [-0.3, -0.25) is 0 Å². The zero-order valence-electron chi connectivity index (χ0n) is 33.5. The Morgan fingerprint density at radius 3 is 1.55 bits per heavy atom. The number of fused-ring (bicyclic) bond motifs is 7. The van der Waals surface area contributed by atoms with Gasteiger partial charge in [-0.05, 0) is 81.9 Å². The van der Waals surface area contributed by atoms with Crippen LogP contribution in [0.4, 0.5) is 0 Å². The fourth-order valence-electron chi connectivity index (χ4n) is 8.99. The minimum Gasteiger partial charge on any atom is -0.455 e. The molecule has 0 aliphatic rings. The minimum absolute atomic E-state index is 0.597. The van der Waals surface area contributed by atoms with Gasteiger partial charge in [0.2, 0.25) is 0 Å². The zero-order chi connectivity index (χ0) is 41.0. The number of benzene rings is 9.